The van der Waals surface area contributed by atoms with Crippen molar-refractivity contribution in [1.29, 1.82) is 0 Å². The number of pyridine rings is 1. The molecule has 0 amide bonds. The second-order valence-corrected chi connectivity index (χ2v) is 7.31. The van der Waals surface area contributed by atoms with Crippen molar-refractivity contribution in [2.24, 2.45) is 0 Å². The fourth-order valence-corrected chi connectivity index (χ4v) is 3.27. The highest BCUT2D eigenvalue weighted by molar-refractivity contribution is 6.30. The van der Waals surface area contributed by atoms with Crippen molar-refractivity contribution in [2.45, 2.75) is 27.0 Å². The van der Waals surface area contributed by atoms with Crippen molar-refractivity contribution in [3.05, 3.63) is 80.3 Å². The van der Waals surface area contributed by atoms with E-state index in [1.165, 1.54) is 37.6 Å². The quantitative estimate of drug-likeness (QED) is 0.502. The minimum Gasteiger partial charge on any atom is -0.491 e. The predicted octanol–water partition coefficient (Wildman–Crippen LogP) is 5.66. The molecule has 1 aromatic heterocycles. The second kappa shape index (κ2) is 9.34. The smallest absolute Gasteiger partial charge is 0.387 e. The summed E-state index contributed by atoms with van der Waals surface area (Å²) in [5, 5.41) is 3.14. The lowest BCUT2D eigenvalue weighted by atomic mass is 10.1. The van der Waals surface area contributed by atoms with Gasteiger partial charge in [-0.15, -0.1) is 0 Å². The molecule has 1 heterocycles. The van der Waals surface area contributed by atoms with E-state index >= 15 is 0 Å². The van der Waals surface area contributed by atoms with Crippen LogP contribution in [-0.2, 0) is 6.54 Å². The molecule has 2 aromatic carbocycles. The summed E-state index contributed by atoms with van der Waals surface area (Å²) in [4.78, 5) is 12.3. The molecule has 5 nitrogen and oxygen atoms in total. The van der Waals surface area contributed by atoms with Gasteiger partial charge in [0.15, 0.2) is 5.75 Å². The third-order valence-corrected chi connectivity index (χ3v) is 4.94. The largest absolute Gasteiger partial charge is 0.491 e. The number of ether oxygens (including phenoxy) is 2. The zero-order chi connectivity index (χ0) is 22.7. The van der Waals surface area contributed by atoms with Crippen LogP contribution in [-0.4, -0.2) is 18.3 Å². The molecule has 0 saturated carbocycles. The number of alkyl halides is 2. The molecular weight excluding hydrogens is 433 g/mol. The summed E-state index contributed by atoms with van der Waals surface area (Å²) in [5.74, 6) is 0.105. The van der Waals surface area contributed by atoms with Crippen LogP contribution in [0.3, 0.4) is 0 Å². The lowest BCUT2D eigenvalue weighted by molar-refractivity contribution is -0.0503. The number of hydrogen-bond donors (Lipinski definition) is 1. The highest BCUT2D eigenvalue weighted by Gasteiger charge is 2.13. The summed E-state index contributed by atoms with van der Waals surface area (Å²) in [6, 6.07) is 8.86. The topological polar surface area (TPSA) is 52.5 Å². The van der Waals surface area contributed by atoms with Crippen LogP contribution in [0.2, 0.25) is 5.02 Å². The molecular formula is C22H20ClF3N2O3. The predicted molar refractivity (Wildman–Crippen MR) is 114 cm³/mol. The number of aryl methyl sites for hydroxylation is 2. The van der Waals surface area contributed by atoms with Crippen molar-refractivity contribution < 1.29 is 22.6 Å². The van der Waals surface area contributed by atoms with Crippen LogP contribution in [0.25, 0.3) is 0 Å². The molecule has 3 aromatic rings. The molecule has 3 rings (SSSR count). The van der Waals surface area contributed by atoms with Gasteiger partial charge in [-0.05, 0) is 54.8 Å². The molecule has 0 radical (unpaired) electrons. The molecule has 0 saturated heterocycles. The Labute approximate surface area is 182 Å². The first-order valence-electron chi connectivity index (χ1n) is 9.23. The Bertz CT molecular complexity index is 1170. The fraction of sp³-hybridized carbons (Fsp3) is 0.227. The van der Waals surface area contributed by atoms with Crippen LogP contribution < -0.4 is 20.2 Å². The zero-order valence-electron chi connectivity index (χ0n) is 17.0. The average Bonchev–Trinajstić information content (AvgIpc) is 2.70. The molecule has 31 heavy (non-hydrogen) atoms. The summed E-state index contributed by atoms with van der Waals surface area (Å²) in [5.41, 5.74) is 2.11. The van der Waals surface area contributed by atoms with Crippen LogP contribution in [0.15, 0.2) is 47.4 Å². The van der Waals surface area contributed by atoms with Gasteiger partial charge in [0, 0.05) is 18.3 Å². The summed E-state index contributed by atoms with van der Waals surface area (Å²) in [6.07, 6.45) is 1.53. The first-order valence-corrected chi connectivity index (χ1v) is 9.61. The molecule has 0 aliphatic carbocycles. The number of aromatic nitrogens is 1. The normalized spacial score (nSPS) is 11.0. The van der Waals surface area contributed by atoms with Crippen LogP contribution in [0.5, 0.6) is 11.5 Å². The van der Waals surface area contributed by atoms with E-state index in [1.807, 2.05) is 0 Å². The van der Waals surface area contributed by atoms with Crippen molar-refractivity contribution in [2.75, 3.05) is 12.4 Å². The molecule has 9 heteroatoms. The maximum Gasteiger partial charge on any atom is 0.387 e. The van der Waals surface area contributed by atoms with Crippen molar-refractivity contribution >= 4 is 23.1 Å². The first kappa shape index (κ1) is 22.6. The van der Waals surface area contributed by atoms with Gasteiger partial charge in [-0.1, -0.05) is 17.7 Å². The van der Waals surface area contributed by atoms with Crippen LogP contribution in [0.1, 0.15) is 16.7 Å². The van der Waals surface area contributed by atoms with Crippen LogP contribution in [0.4, 0.5) is 24.7 Å². The Kier molecular flexibility index (Phi) is 6.80. The first-order chi connectivity index (χ1) is 14.7. The highest BCUT2D eigenvalue weighted by Crippen LogP contribution is 2.30. The number of anilines is 2. The van der Waals surface area contributed by atoms with Gasteiger partial charge in [-0.25, -0.2) is 4.39 Å². The van der Waals surface area contributed by atoms with Gasteiger partial charge in [-0.2, -0.15) is 8.78 Å². The van der Waals surface area contributed by atoms with Gasteiger partial charge in [-0.3, -0.25) is 4.79 Å². The third-order valence-electron chi connectivity index (χ3n) is 4.65. The molecule has 0 fully saturated rings. The van der Waals surface area contributed by atoms with E-state index in [-0.39, 0.29) is 28.5 Å². The van der Waals surface area contributed by atoms with Crippen LogP contribution in [0, 0.1) is 19.7 Å². The third kappa shape index (κ3) is 5.32. The van der Waals surface area contributed by atoms with Gasteiger partial charge in [0.05, 0.1) is 18.3 Å². The molecule has 0 aliphatic heterocycles. The summed E-state index contributed by atoms with van der Waals surface area (Å²) < 4.78 is 50.0. The number of halogens is 4. The second-order valence-electron chi connectivity index (χ2n) is 6.90. The van der Waals surface area contributed by atoms with Crippen molar-refractivity contribution in [3.63, 3.8) is 0 Å². The Morgan fingerprint density at radius 1 is 1.10 bits per heavy atom. The zero-order valence-corrected chi connectivity index (χ0v) is 17.8. The van der Waals surface area contributed by atoms with Gasteiger partial charge in [0.25, 0.3) is 0 Å². The maximum atomic E-state index is 13.5. The summed E-state index contributed by atoms with van der Waals surface area (Å²) in [7, 11) is 1.39. The molecule has 0 bridgehead atoms. The van der Waals surface area contributed by atoms with E-state index in [2.05, 4.69) is 10.1 Å². The lowest BCUT2D eigenvalue weighted by Gasteiger charge is -2.19. The van der Waals surface area contributed by atoms with E-state index in [9.17, 15) is 18.0 Å². The summed E-state index contributed by atoms with van der Waals surface area (Å²) >= 11 is 5.88. The highest BCUT2D eigenvalue weighted by atomic mass is 35.5. The van der Waals surface area contributed by atoms with Gasteiger partial charge in [0.2, 0.25) is 5.43 Å². The Hall–Kier alpha value is -3.13. The molecule has 1 N–H and O–H groups in total. The van der Waals surface area contributed by atoms with E-state index in [0.717, 1.165) is 0 Å². The Balaban J connectivity index is 2.00. The number of rotatable bonds is 7. The van der Waals surface area contributed by atoms with E-state index in [0.29, 0.717) is 28.2 Å². The molecule has 0 aliphatic rings. The number of methoxy groups -OCH3 is 1. The van der Waals surface area contributed by atoms with Crippen molar-refractivity contribution in [1.82, 2.24) is 4.57 Å². The average molecular weight is 453 g/mol. The van der Waals surface area contributed by atoms with E-state index in [1.54, 1.807) is 30.5 Å². The Morgan fingerprint density at radius 3 is 2.48 bits per heavy atom. The van der Waals surface area contributed by atoms with Gasteiger partial charge in [0.1, 0.15) is 17.4 Å². The van der Waals surface area contributed by atoms with E-state index in [4.69, 9.17) is 16.3 Å². The molecule has 164 valence electrons. The molecule has 0 unspecified atom stereocenters. The Morgan fingerprint density at radius 2 is 1.84 bits per heavy atom. The number of nitrogens with one attached hydrogen (secondary N) is 1. The fourth-order valence-electron chi connectivity index (χ4n) is 3.06. The molecule has 0 atom stereocenters. The number of hydrogen-bond acceptors (Lipinski definition) is 4. The monoisotopic (exact) mass is 452 g/mol. The SMILES string of the molecule is COc1cn(Cc2ccc(F)c(Cl)c2)c(Nc2cc(C)c(OC(F)F)cc2C)cc1=O. The van der Waals surface area contributed by atoms with Gasteiger partial charge < -0.3 is 19.4 Å². The lowest BCUT2D eigenvalue weighted by Crippen LogP contribution is -2.15. The van der Waals surface area contributed by atoms with Crippen molar-refractivity contribution in [3.8, 4) is 11.5 Å². The van der Waals surface area contributed by atoms with Gasteiger partial charge >= 0.3 is 6.61 Å². The number of benzene rings is 2. The maximum absolute atomic E-state index is 13.5. The van der Waals surface area contributed by atoms with Crippen LogP contribution >= 0.6 is 11.6 Å². The standard InChI is InChI=1S/C22H20ClF3N2O3/c1-12-7-19(31-22(25)26)13(2)6-17(12)27-21-9-18(29)20(30-3)11-28(21)10-14-4-5-16(24)15(23)8-14/h4-9,11,22,27H,10H2,1-3H3. The molecule has 0 spiro atoms. The minimum absolute atomic E-state index is 0.0129. The minimum atomic E-state index is -2.92. The summed E-state index contributed by atoms with van der Waals surface area (Å²) in [6.45, 7) is 0.713. The van der Waals surface area contributed by atoms with E-state index < -0.39 is 12.4 Å². The number of nitrogens with zero attached hydrogens (tertiary/aromatic N) is 1.